The Morgan fingerprint density at radius 1 is 0.245 bits per heavy atom. The van der Waals surface area contributed by atoms with Crippen LogP contribution in [0.2, 0.25) is 0 Å². The minimum atomic E-state index is -4.96. The molecular formula is C79H154O17P2. The largest absolute Gasteiger partial charge is 0.472 e. The van der Waals surface area contributed by atoms with Gasteiger partial charge in [-0.2, -0.15) is 0 Å². The van der Waals surface area contributed by atoms with Crippen LogP contribution < -0.4 is 0 Å². The first-order chi connectivity index (χ1) is 47.7. The second kappa shape index (κ2) is 73.4. The molecule has 0 aliphatic rings. The van der Waals surface area contributed by atoms with Crippen LogP contribution in [0.3, 0.4) is 0 Å². The first-order valence-electron chi connectivity index (χ1n) is 41.3. The highest BCUT2D eigenvalue weighted by molar-refractivity contribution is 7.47. The van der Waals surface area contributed by atoms with Gasteiger partial charge in [-0.3, -0.25) is 37.3 Å². The van der Waals surface area contributed by atoms with Crippen molar-refractivity contribution < 1.29 is 80.2 Å². The third kappa shape index (κ3) is 72.4. The molecule has 0 radical (unpaired) electrons. The molecule has 0 spiro atoms. The van der Waals surface area contributed by atoms with E-state index in [1.807, 2.05) is 0 Å². The smallest absolute Gasteiger partial charge is 0.462 e. The number of esters is 4. The minimum Gasteiger partial charge on any atom is -0.462 e. The zero-order valence-electron chi connectivity index (χ0n) is 63.8. The number of carbonyl (C=O) groups excluding carboxylic acids is 4. The summed E-state index contributed by atoms with van der Waals surface area (Å²) in [5, 5.41) is 10.6. The van der Waals surface area contributed by atoms with Gasteiger partial charge in [-0.15, -0.1) is 0 Å². The normalized spacial score (nSPS) is 13.8. The Hall–Kier alpha value is -1.94. The van der Waals surface area contributed by atoms with Crippen LogP contribution in [0.1, 0.15) is 426 Å². The van der Waals surface area contributed by atoms with Crippen molar-refractivity contribution in [2.75, 3.05) is 39.6 Å². The van der Waals surface area contributed by atoms with Crippen molar-refractivity contribution in [3.63, 3.8) is 0 Å². The molecule has 19 heteroatoms. The summed E-state index contributed by atoms with van der Waals surface area (Å²) in [7, 11) is -9.91. The maximum atomic E-state index is 13.1. The van der Waals surface area contributed by atoms with Crippen molar-refractivity contribution in [1.82, 2.24) is 0 Å². The average Bonchev–Trinajstić information content (AvgIpc) is 1.75. The van der Waals surface area contributed by atoms with E-state index in [1.54, 1.807) is 0 Å². The quantitative estimate of drug-likeness (QED) is 0.0222. The molecule has 3 N–H and O–H groups in total. The number of ether oxygens (including phenoxy) is 4. The second-order valence-electron chi connectivity index (χ2n) is 28.5. The van der Waals surface area contributed by atoms with Crippen LogP contribution in [0, 0.1) is 0 Å². The van der Waals surface area contributed by atoms with Crippen molar-refractivity contribution >= 4 is 39.5 Å². The number of unbranched alkanes of at least 4 members (excludes halogenated alkanes) is 54. The lowest BCUT2D eigenvalue weighted by molar-refractivity contribution is -0.161. The Morgan fingerprint density at radius 2 is 0.408 bits per heavy atom. The molecule has 17 nitrogen and oxygen atoms in total. The zero-order chi connectivity index (χ0) is 71.8. The standard InChI is InChI=1S/C79H154O17P2/c1-5-9-13-17-21-25-29-32-34-36-37-38-39-41-43-46-50-54-58-62-66-79(84)96-75(70-90-77(82)64-60-56-52-48-45-42-40-35-33-30-26-22-18-14-10-6-2)72-94-98(87,88)92-68-73(80)67-91-97(85,86)93-71-74(69-89-76(81)63-59-55-51-47-28-24-20-16-12-8-4)95-78(83)65-61-57-53-49-44-31-27-23-19-15-11-7-3/h73-75,80H,5-72H2,1-4H3,(H,85,86)(H,87,88)/t73-,74+,75+/m0/s1. The maximum absolute atomic E-state index is 13.1. The third-order valence-corrected chi connectivity index (χ3v) is 20.5. The molecule has 0 aliphatic carbocycles. The molecule has 582 valence electrons. The Kier molecular flexibility index (Phi) is 71.9. The Bertz CT molecular complexity index is 1860. The van der Waals surface area contributed by atoms with E-state index in [2.05, 4.69) is 27.7 Å². The summed E-state index contributed by atoms with van der Waals surface area (Å²) in [6, 6.07) is 0. The summed E-state index contributed by atoms with van der Waals surface area (Å²) in [4.78, 5) is 72.9. The number of aliphatic hydroxyl groups excluding tert-OH is 1. The van der Waals surface area contributed by atoms with Gasteiger partial charge in [-0.05, 0) is 25.7 Å². The Morgan fingerprint density at radius 3 is 0.602 bits per heavy atom. The van der Waals surface area contributed by atoms with E-state index >= 15 is 0 Å². The fraction of sp³-hybridized carbons (Fsp3) is 0.949. The molecule has 0 aromatic rings. The van der Waals surface area contributed by atoms with Gasteiger partial charge in [0.1, 0.15) is 19.3 Å². The van der Waals surface area contributed by atoms with Crippen LogP contribution >= 0.6 is 15.6 Å². The predicted molar refractivity (Wildman–Crippen MR) is 400 cm³/mol. The summed E-state index contributed by atoms with van der Waals surface area (Å²) in [6.07, 6.45) is 65.2. The van der Waals surface area contributed by atoms with E-state index < -0.39 is 97.5 Å². The first-order valence-corrected chi connectivity index (χ1v) is 44.3. The Labute approximate surface area is 600 Å². The van der Waals surface area contributed by atoms with Crippen molar-refractivity contribution in [2.45, 2.75) is 444 Å². The molecular weight excluding hydrogens is 1280 g/mol. The van der Waals surface area contributed by atoms with Crippen LogP contribution in [-0.4, -0.2) is 96.7 Å². The molecule has 0 fully saturated rings. The molecule has 0 saturated carbocycles. The molecule has 0 saturated heterocycles. The lowest BCUT2D eigenvalue weighted by Gasteiger charge is -2.21. The fourth-order valence-electron chi connectivity index (χ4n) is 12.3. The van der Waals surface area contributed by atoms with Gasteiger partial charge in [-0.25, -0.2) is 9.13 Å². The summed E-state index contributed by atoms with van der Waals surface area (Å²) in [5.41, 5.74) is 0. The van der Waals surface area contributed by atoms with Crippen molar-refractivity contribution in [2.24, 2.45) is 0 Å². The van der Waals surface area contributed by atoms with Gasteiger partial charge >= 0.3 is 39.5 Å². The highest BCUT2D eigenvalue weighted by atomic mass is 31.2. The SMILES string of the molecule is CCCCCCCCCCCCCCCCCCCCCCC(=O)O[C@H](COC(=O)CCCCCCCCCCCCCCCCCC)COP(=O)(O)OC[C@@H](O)COP(=O)(O)OC[C@@H](COC(=O)CCCCCCCCCCCC)OC(=O)CCCCCCCCCCCCCC. The molecule has 98 heavy (non-hydrogen) atoms. The van der Waals surface area contributed by atoms with E-state index in [1.165, 1.54) is 257 Å². The summed E-state index contributed by atoms with van der Waals surface area (Å²) in [5.74, 6) is -2.11. The topological polar surface area (TPSA) is 237 Å². The number of hydrogen-bond donors (Lipinski definition) is 3. The molecule has 0 aliphatic heterocycles. The third-order valence-electron chi connectivity index (χ3n) is 18.6. The van der Waals surface area contributed by atoms with Gasteiger partial charge in [0.05, 0.1) is 26.4 Å². The van der Waals surface area contributed by atoms with Crippen molar-refractivity contribution in [1.29, 1.82) is 0 Å². The van der Waals surface area contributed by atoms with Gasteiger partial charge in [-0.1, -0.05) is 374 Å². The minimum absolute atomic E-state index is 0.108. The number of rotatable bonds is 80. The van der Waals surface area contributed by atoms with Crippen LogP contribution in [0.4, 0.5) is 0 Å². The number of carbonyl (C=O) groups is 4. The molecule has 5 atom stereocenters. The van der Waals surface area contributed by atoms with Crippen LogP contribution in [-0.2, 0) is 65.4 Å². The highest BCUT2D eigenvalue weighted by Gasteiger charge is 2.30. The molecule has 0 aromatic carbocycles. The van der Waals surface area contributed by atoms with E-state index in [0.717, 1.165) is 89.9 Å². The lowest BCUT2D eigenvalue weighted by Crippen LogP contribution is -2.30. The van der Waals surface area contributed by atoms with E-state index in [-0.39, 0.29) is 25.7 Å². The zero-order valence-corrected chi connectivity index (χ0v) is 65.6. The first kappa shape index (κ1) is 96.1. The van der Waals surface area contributed by atoms with Crippen molar-refractivity contribution in [3.8, 4) is 0 Å². The summed E-state index contributed by atoms with van der Waals surface area (Å²) >= 11 is 0. The molecule has 0 amide bonds. The molecule has 0 aromatic heterocycles. The van der Waals surface area contributed by atoms with Crippen molar-refractivity contribution in [3.05, 3.63) is 0 Å². The monoisotopic (exact) mass is 1440 g/mol. The second-order valence-corrected chi connectivity index (χ2v) is 31.4. The van der Waals surface area contributed by atoms with E-state index in [9.17, 15) is 43.2 Å². The van der Waals surface area contributed by atoms with E-state index in [4.69, 9.17) is 37.0 Å². The number of hydrogen-bond acceptors (Lipinski definition) is 15. The van der Waals surface area contributed by atoms with Gasteiger partial charge in [0, 0.05) is 25.7 Å². The van der Waals surface area contributed by atoms with Crippen LogP contribution in [0.5, 0.6) is 0 Å². The van der Waals surface area contributed by atoms with Gasteiger partial charge < -0.3 is 33.8 Å². The lowest BCUT2D eigenvalue weighted by atomic mass is 10.0. The average molecular weight is 1440 g/mol. The molecule has 0 rings (SSSR count). The molecule has 2 unspecified atom stereocenters. The van der Waals surface area contributed by atoms with Crippen LogP contribution in [0.25, 0.3) is 0 Å². The number of phosphoric acid groups is 2. The van der Waals surface area contributed by atoms with Crippen LogP contribution in [0.15, 0.2) is 0 Å². The van der Waals surface area contributed by atoms with E-state index in [0.29, 0.717) is 25.7 Å². The summed E-state index contributed by atoms with van der Waals surface area (Å²) < 4.78 is 68.6. The molecule has 0 heterocycles. The maximum Gasteiger partial charge on any atom is 0.472 e. The summed E-state index contributed by atoms with van der Waals surface area (Å²) in [6.45, 7) is 5.00. The highest BCUT2D eigenvalue weighted by Crippen LogP contribution is 2.45. The van der Waals surface area contributed by atoms with Gasteiger partial charge in [0.15, 0.2) is 12.2 Å². The Balaban J connectivity index is 5.21. The van der Waals surface area contributed by atoms with Gasteiger partial charge in [0.2, 0.25) is 0 Å². The number of phosphoric ester groups is 2. The van der Waals surface area contributed by atoms with Gasteiger partial charge in [0.25, 0.3) is 0 Å². The number of aliphatic hydroxyl groups is 1. The molecule has 0 bridgehead atoms. The predicted octanol–water partition coefficient (Wildman–Crippen LogP) is 23.8. The fourth-order valence-corrected chi connectivity index (χ4v) is 13.9.